The van der Waals surface area contributed by atoms with Gasteiger partial charge in [-0.15, -0.1) is 0 Å². The number of rotatable bonds is 5. The number of nitrogens with zero attached hydrogens (tertiary/aromatic N) is 4. The van der Waals surface area contributed by atoms with Crippen molar-refractivity contribution >= 4 is 29.1 Å². The number of amides is 2. The zero-order valence-corrected chi connectivity index (χ0v) is 21.1. The number of benzene rings is 1. The lowest BCUT2D eigenvalue weighted by Gasteiger charge is -2.41. The molecule has 9 heteroatoms. The first-order valence-electron chi connectivity index (χ1n) is 11.8. The normalized spacial score (nSPS) is 20.5. The Morgan fingerprint density at radius 1 is 1.29 bits per heavy atom. The molecule has 2 fully saturated rings. The van der Waals surface area contributed by atoms with Gasteiger partial charge in [-0.05, 0) is 56.5 Å². The Hall–Kier alpha value is -2.99. The summed E-state index contributed by atoms with van der Waals surface area (Å²) in [7, 11) is 0. The topological polar surface area (TPSA) is 98.6 Å². The number of ether oxygens (including phenoxy) is 1. The zero-order valence-electron chi connectivity index (χ0n) is 20.3. The minimum absolute atomic E-state index is 0.0155. The van der Waals surface area contributed by atoms with Crippen molar-refractivity contribution in [3.05, 3.63) is 57.4 Å². The van der Waals surface area contributed by atoms with Gasteiger partial charge in [-0.25, -0.2) is 0 Å². The van der Waals surface area contributed by atoms with Crippen molar-refractivity contribution in [3.63, 3.8) is 0 Å². The second kappa shape index (κ2) is 10.7. The molecule has 4 rings (SSSR count). The van der Waals surface area contributed by atoms with Gasteiger partial charge in [-0.1, -0.05) is 11.6 Å². The van der Waals surface area contributed by atoms with Crippen LogP contribution in [0.15, 0.2) is 24.4 Å². The van der Waals surface area contributed by atoms with Crippen LogP contribution in [0.1, 0.15) is 46.1 Å². The molecule has 2 amide bonds. The van der Waals surface area contributed by atoms with Gasteiger partial charge in [0.2, 0.25) is 5.91 Å². The van der Waals surface area contributed by atoms with E-state index in [0.717, 1.165) is 30.6 Å². The Morgan fingerprint density at radius 2 is 2.09 bits per heavy atom. The van der Waals surface area contributed by atoms with Crippen LogP contribution in [0.2, 0.25) is 5.02 Å². The van der Waals surface area contributed by atoms with E-state index in [0.29, 0.717) is 53.8 Å². The molecule has 0 spiro atoms. The molecule has 2 aliphatic heterocycles. The maximum Gasteiger partial charge on any atom is 0.257 e. The number of piperazine rings is 1. The summed E-state index contributed by atoms with van der Waals surface area (Å²) in [5, 5.41) is 12.7. The molecule has 2 atom stereocenters. The molecule has 0 radical (unpaired) electrons. The van der Waals surface area contributed by atoms with Crippen LogP contribution in [0.5, 0.6) is 0 Å². The summed E-state index contributed by atoms with van der Waals surface area (Å²) < 4.78 is 5.39. The van der Waals surface area contributed by atoms with Gasteiger partial charge in [-0.3, -0.25) is 19.5 Å². The van der Waals surface area contributed by atoms with Crippen molar-refractivity contribution in [2.24, 2.45) is 5.92 Å². The number of nitrogens with one attached hydrogen (secondary N) is 1. The van der Waals surface area contributed by atoms with Crippen LogP contribution in [-0.2, 0) is 16.1 Å². The van der Waals surface area contributed by atoms with Crippen LogP contribution in [0.25, 0.3) is 0 Å². The molecule has 2 unspecified atom stereocenters. The Morgan fingerprint density at radius 3 is 2.77 bits per heavy atom. The molecule has 184 valence electrons. The van der Waals surface area contributed by atoms with E-state index in [2.05, 4.69) is 28.2 Å². The first-order valence-corrected chi connectivity index (χ1v) is 12.2. The highest BCUT2D eigenvalue weighted by Gasteiger charge is 2.33. The summed E-state index contributed by atoms with van der Waals surface area (Å²) in [5.74, 6) is -0.163. The summed E-state index contributed by atoms with van der Waals surface area (Å²) in [6, 6.07) is 7.36. The molecular weight excluding hydrogens is 466 g/mol. The highest BCUT2D eigenvalue weighted by Crippen LogP contribution is 2.28. The van der Waals surface area contributed by atoms with E-state index in [1.54, 1.807) is 19.1 Å². The van der Waals surface area contributed by atoms with E-state index < -0.39 is 0 Å². The second-order valence-corrected chi connectivity index (χ2v) is 9.77. The van der Waals surface area contributed by atoms with E-state index in [9.17, 15) is 14.9 Å². The lowest BCUT2D eigenvalue weighted by atomic mass is 10.0. The third-order valence-corrected chi connectivity index (χ3v) is 7.08. The molecule has 1 aromatic carbocycles. The predicted molar refractivity (Wildman–Crippen MR) is 133 cm³/mol. The van der Waals surface area contributed by atoms with Crippen LogP contribution >= 0.6 is 11.6 Å². The van der Waals surface area contributed by atoms with Crippen molar-refractivity contribution in [1.82, 2.24) is 14.8 Å². The summed E-state index contributed by atoms with van der Waals surface area (Å²) in [5.41, 5.74) is 3.84. The Labute approximate surface area is 210 Å². The number of anilines is 1. The Bertz CT molecular complexity index is 1170. The van der Waals surface area contributed by atoms with Crippen molar-refractivity contribution in [2.75, 3.05) is 38.2 Å². The fourth-order valence-corrected chi connectivity index (χ4v) is 4.94. The largest absolute Gasteiger partial charge is 0.381 e. The molecule has 2 saturated heterocycles. The fraction of sp³-hybridized carbons (Fsp3) is 0.462. The predicted octanol–water partition coefficient (Wildman–Crippen LogP) is 3.55. The van der Waals surface area contributed by atoms with Crippen molar-refractivity contribution < 1.29 is 14.3 Å². The van der Waals surface area contributed by atoms with Crippen molar-refractivity contribution in [1.29, 1.82) is 5.26 Å². The molecular formula is C26H30ClN5O3. The fourth-order valence-electron chi connectivity index (χ4n) is 4.70. The minimum atomic E-state index is -0.345. The number of nitriles is 1. The third-order valence-electron chi connectivity index (χ3n) is 6.87. The van der Waals surface area contributed by atoms with Gasteiger partial charge in [0.1, 0.15) is 6.07 Å². The van der Waals surface area contributed by atoms with Gasteiger partial charge in [0.05, 0.1) is 29.3 Å². The maximum absolute atomic E-state index is 12.8. The summed E-state index contributed by atoms with van der Waals surface area (Å²) in [4.78, 5) is 34.1. The molecule has 2 aliphatic rings. The van der Waals surface area contributed by atoms with Crippen molar-refractivity contribution in [3.8, 4) is 6.07 Å². The van der Waals surface area contributed by atoms with Crippen LogP contribution in [0, 0.1) is 31.1 Å². The quantitative estimate of drug-likeness (QED) is 0.681. The highest BCUT2D eigenvalue weighted by atomic mass is 35.5. The molecule has 8 nitrogen and oxygen atoms in total. The number of halogens is 1. The number of carbonyl (C=O) groups is 2. The van der Waals surface area contributed by atoms with E-state index in [1.807, 2.05) is 17.9 Å². The number of hydrogen-bond acceptors (Lipinski definition) is 6. The van der Waals surface area contributed by atoms with Crippen LogP contribution in [0.3, 0.4) is 0 Å². The van der Waals surface area contributed by atoms with Gasteiger partial charge in [-0.2, -0.15) is 5.26 Å². The Balaban J connectivity index is 1.44. The van der Waals surface area contributed by atoms with E-state index in [4.69, 9.17) is 16.3 Å². The lowest BCUT2D eigenvalue weighted by molar-refractivity contribution is -0.140. The molecule has 1 N–H and O–H groups in total. The van der Waals surface area contributed by atoms with Gasteiger partial charge in [0.15, 0.2) is 0 Å². The zero-order chi connectivity index (χ0) is 25.1. The van der Waals surface area contributed by atoms with Crippen LogP contribution in [0.4, 0.5) is 5.69 Å². The second-order valence-electron chi connectivity index (χ2n) is 9.34. The average molecular weight is 496 g/mol. The van der Waals surface area contributed by atoms with E-state index >= 15 is 0 Å². The smallest absolute Gasteiger partial charge is 0.257 e. The lowest BCUT2D eigenvalue weighted by Crippen LogP contribution is -2.55. The van der Waals surface area contributed by atoms with Crippen molar-refractivity contribution in [2.45, 2.75) is 39.8 Å². The standard InChI is InChI=1S/C26H30ClN5O3/c1-16-13-31(5-6-32(16)26(34)19-4-7-35-15-19)14-22-9-23(27)10-24(17(22)2)30-25(33)21-8-20(11-28)18(3)29-12-21/h8-10,12,16,19H,4-7,13-15H2,1-3H3,(H,30,33). The number of aromatic nitrogens is 1. The average Bonchev–Trinajstić information content (AvgIpc) is 3.37. The first kappa shape index (κ1) is 25.1. The number of aryl methyl sites for hydroxylation is 1. The highest BCUT2D eigenvalue weighted by molar-refractivity contribution is 6.31. The maximum atomic E-state index is 12.8. The number of hydrogen-bond donors (Lipinski definition) is 1. The molecule has 0 saturated carbocycles. The van der Waals surface area contributed by atoms with Crippen LogP contribution in [-0.4, -0.2) is 65.5 Å². The molecule has 3 heterocycles. The van der Waals surface area contributed by atoms with Gasteiger partial charge < -0.3 is 15.0 Å². The summed E-state index contributed by atoms with van der Waals surface area (Å²) in [6.07, 6.45) is 2.27. The molecule has 0 bridgehead atoms. The van der Waals surface area contributed by atoms with E-state index in [1.165, 1.54) is 6.20 Å². The Kier molecular flexibility index (Phi) is 7.70. The molecule has 0 aliphatic carbocycles. The molecule has 1 aromatic heterocycles. The molecule has 35 heavy (non-hydrogen) atoms. The monoisotopic (exact) mass is 495 g/mol. The summed E-state index contributed by atoms with van der Waals surface area (Å²) >= 11 is 6.41. The third kappa shape index (κ3) is 5.64. The number of pyridine rings is 1. The van der Waals surface area contributed by atoms with Gasteiger partial charge in [0, 0.05) is 55.7 Å². The minimum Gasteiger partial charge on any atom is -0.381 e. The summed E-state index contributed by atoms with van der Waals surface area (Å²) in [6.45, 7) is 9.84. The van der Waals surface area contributed by atoms with Gasteiger partial charge >= 0.3 is 0 Å². The SMILES string of the molecule is Cc1ncc(C(=O)Nc2cc(Cl)cc(CN3CCN(C(=O)C4CCOC4)C(C)C3)c2C)cc1C#N. The molecule has 2 aromatic rings. The number of carbonyl (C=O) groups excluding carboxylic acids is 2. The van der Waals surface area contributed by atoms with Crippen LogP contribution < -0.4 is 5.32 Å². The van der Waals surface area contributed by atoms with E-state index in [-0.39, 0.29) is 23.8 Å². The first-order chi connectivity index (χ1) is 16.8. The van der Waals surface area contributed by atoms with Gasteiger partial charge in [0.25, 0.3) is 5.91 Å².